The molecule has 0 radical (unpaired) electrons. The summed E-state index contributed by atoms with van der Waals surface area (Å²) in [5.74, 6) is -0.0626. The number of carbonyl (C=O) groups excluding carboxylic acids is 1. The Morgan fingerprint density at radius 1 is 1.33 bits per heavy atom. The largest absolute Gasteiger partial charge is 0.461 e. The van der Waals surface area contributed by atoms with E-state index in [-0.39, 0.29) is 17.4 Å². The van der Waals surface area contributed by atoms with Crippen molar-refractivity contribution in [3.8, 4) is 0 Å². The molecular formula is C8H5NO3. The number of oxazole rings is 1. The molecule has 0 saturated heterocycles. The Kier molecular flexibility index (Phi) is 1.51. The van der Waals surface area contributed by atoms with Gasteiger partial charge >= 0.3 is 0 Å². The second-order valence-electron chi connectivity index (χ2n) is 2.14. The molecule has 4 nitrogen and oxygen atoms in total. The zero-order valence-electron chi connectivity index (χ0n) is 6.06. The Labute approximate surface area is 67.8 Å². The number of aromatic nitrogens is 1. The predicted molar refractivity (Wildman–Crippen MR) is 38.6 cm³/mol. The number of carbonyl (C=O) groups is 1. The van der Waals surface area contributed by atoms with Gasteiger partial charge in [-0.1, -0.05) is 0 Å². The van der Waals surface area contributed by atoms with Gasteiger partial charge in [-0.15, -0.1) is 0 Å². The molecule has 2 rings (SSSR count). The molecule has 60 valence electrons. The van der Waals surface area contributed by atoms with E-state index in [0.29, 0.717) is 0 Å². The van der Waals surface area contributed by atoms with E-state index in [0.717, 1.165) is 0 Å². The molecule has 0 aliphatic rings. The number of hydrogen-bond donors (Lipinski definition) is 0. The summed E-state index contributed by atoms with van der Waals surface area (Å²) in [6.45, 7) is 0. The maximum absolute atomic E-state index is 11.3. The van der Waals surface area contributed by atoms with E-state index in [9.17, 15) is 4.79 Å². The summed E-state index contributed by atoms with van der Waals surface area (Å²) in [6, 6.07) is 3.20. The van der Waals surface area contributed by atoms with Crippen LogP contribution >= 0.6 is 0 Å². The lowest BCUT2D eigenvalue weighted by Crippen LogP contribution is -1.98. The van der Waals surface area contributed by atoms with Crippen LogP contribution in [0.2, 0.25) is 0 Å². The lowest BCUT2D eigenvalue weighted by Gasteiger charge is -1.87. The van der Waals surface area contributed by atoms with Gasteiger partial charge in [-0.2, -0.15) is 0 Å². The van der Waals surface area contributed by atoms with Crippen molar-refractivity contribution in [1.29, 1.82) is 0 Å². The minimum Gasteiger partial charge on any atom is -0.461 e. The molecule has 0 bridgehead atoms. The second kappa shape index (κ2) is 2.65. The summed E-state index contributed by atoms with van der Waals surface area (Å²) in [5, 5.41) is 0. The van der Waals surface area contributed by atoms with Gasteiger partial charge in [0.25, 0.3) is 11.7 Å². The molecule has 2 aromatic heterocycles. The molecule has 0 saturated carbocycles. The molecule has 2 aromatic rings. The van der Waals surface area contributed by atoms with Crippen LogP contribution in [0.15, 0.2) is 39.7 Å². The fourth-order valence-electron chi connectivity index (χ4n) is 0.849. The third-order valence-electron chi connectivity index (χ3n) is 1.37. The highest BCUT2D eigenvalue weighted by molar-refractivity contribution is 6.03. The minimum absolute atomic E-state index is 0.0463. The Morgan fingerprint density at radius 2 is 2.25 bits per heavy atom. The maximum atomic E-state index is 11.3. The van der Waals surface area contributed by atoms with E-state index in [1.165, 1.54) is 18.7 Å². The van der Waals surface area contributed by atoms with Crippen LogP contribution in [-0.4, -0.2) is 10.8 Å². The first-order chi connectivity index (χ1) is 5.88. The van der Waals surface area contributed by atoms with Crippen molar-refractivity contribution < 1.29 is 13.6 Å². The maximum Gasteiger partial charge on any atom is 0.282 e. The molecular weight excluding hydrogens is 158 g/mol. The number of nitrogens with zero attached hydrogens (tertiary/aromatic N) is 1. The molecule has 0 unspecified atom stereocenters. The van der Waals surface area contributed by atoms with Crippen molar-refractivity contribution in [3.05, 3.63) is 42.5 Å². The van der Waals surface area contributed by atoms with E-state index < -0.39 is 0 Å². The summed E-state index contributed by atoms with van der Waals surface area (Å²) < 4.78 is 9.67. The zero-order valence-corrected chi connectivity index (χ0v) is 6.06. The number of rotatable bonds is 2. The molecule has 0 N–H and O–H groups in total. The van der Waals surface area contributed by atoms with Gasteiger partial charge in [0.2, 0.25) is 0 Å². The van der Waals surface area contributed by atoms with Crippen LogP contribution in [-0.2, 0) is 0 Å². The first kappa shape index (κ1) is 6.84. The predicted octanol–water partition coefficient (Wildman–Crippen LogP) is 1.50. The van der Waals surface area contributed by atoms with Gasteiger partial charge in [-0.25, -0.2) is 4.98 Å². The van der Waals surface area contributed by atoms with E-state index in [4.69, 9.17) is 8.83 Å². The lowest BCUT2D eigenvalue weighted by atomic mass is 10.3. The molecule has 0 aliphatic heterocycles. The first-order valence-corrected chi connectivity index (χ1v) is 3.35. The second-order valence-corrected chi connectivity index (χ2v) is 2.14. The SMILES string of the molecule is O=C(c1ccco1)c1ncco1. The fourth-order valence-corrected chi connectivity index (χ4v) is 0.849. The van der Waals surface area contributed by atoms with Gasteiger partial charge in [0.05, 0.1) is 12.5 Å². The van der Waals surface area contributed by atoms with E-state index in [1.54, 1.807) is 12.1 Å². The summed E-state index contributed by atoms with van der Waals surface area (Å²) >= 11 is 0. The number of ketones is 1. The average Bonchev–Trinajstić information content (AvgIpc) is 2.77. The zero-order chi connectivity index (χ0) is 8.39. The molecule has 2 heterocycles. The highest BCUT2D eigenvalue weighted by Crippen LogP contribution is 2.07. The Bertz CT molecular complexity index is 325. The van der Waals surface area contributed by atoms with Crippen LogP contribution < -0.4 is 0 Å². The molecule has 0 atom stereocenters. The fraction of sp³-hybridized carbons (Fsp3) is 0. The van der Waals surface area contributed by atoms with Crippen LogP contribution in [0.25, 0.3) is 0 Å². The third-order valence-corrected chi connectivity index (χ3v) is 1.37. The van der Waals surface area contributed by atoms with Gasteiger partial charge in [-0.05, 0) is 12.1 Å². The summed E-state index contributed by atoms with van der Waals surface area (Å²) in [5.41, 5.74) is 0. The van der Waals surface area contributed by atoms with Crippen LogP contribution in [0.4, 0.5) is 0 Å². The molecule has 0 amide bonds. The molecule has 0 aliphatic carbocycles. The molecule has 4 heteroatoms. The normalized spacial score (nSPS) is 10.0. The third kappa shape index (κ3) is 1.03. The number of furan rings is 1. The van der Waals surface area contributed by atoms with Crippen LogP contribution in [0.1, 0.15) is 16.4 Å². The van der Waals surface area contributed by atoms with Gasteiger partial charge in [0, 0.05) is 0 Å². The van der Waals surface area contributed by atoms with Crippen LogP contribution in [0.3, 0.4) is 0 Å². The Hall–Kier alpha value is -1.84. The first-order valence-electron chi connectivity index (χ1n) is 3.35. The smallest absolute Gasteiger partial charge is 0.282 e. The Balaban J connectivity index is 2.34. The summed E-state index contributed by atoms with van der Waals surface area (Å²) in [6.07, 6.45) is 4.18. The van der Waals surface area contributed by atoms with Crippen molar-refractivity contribution >= 4 is 5.78 Å². The van der Waals surface area contributed by atoms with Gasteiger partial charge in [0.1, 0.15) is 6.26 Å². The highest BCUT2D eigenvalue weighted by Gasteiger charge is 2.15. The minimum atomic E-state index is -0.343. The quantitative estimate of drug-likeness (QED) is 0.629. The molecule has 0 aromatic carbocycles. The van der Waals surface area contributed by atoms with E-state index >= 15 is 0 Å². The average molecular weight is 163 g/mol. The van der Waals surface area contributed by atoms with Crippen molar-refractivity contribution in [2.45, 2.75) is 0 Å². The van der Waals surface area contributed by atoms with Crippen LogP contribution in [0, 0.1) is 0 Å². The lowest BCUT2D eigenvalue weighted by molar-refractivity contribution is 0.0976. The Morgan fingerprint density at radius 3 is 2.83 bits per heavy atom. The van der Waals surface area contributed by atoms with Crippen molar-refractivity contribution in [1.82, 2.24) is 4.98 Å². The van der Waals surface area contributed by atoms with Crippen molar-refractivity contribution in [2.75, 3.05) is 0 Å². The van der Waals surface area contributed by atoms with E-state index in [1.807, 2.05) is 0 Å². The van der Waals surface area contributed by atoms with Gasteiger partial charge in [-0.3, -0.25) is 4.79 Å². The molecule has 0 spiro atoms. The monoisotopic (exact) mass is 163 g/mol. The highest BCUT2D eigenvalue weighted by atomic mass is 16.4. The number of hydrogen-bond acceptors (Lipinski definition) is 4. The van der Waals surface area contributed by atoms with Gasteiger partial charge < -0.3 is 8.83 Å². The van der Waals surface area contributed by atoms with Crippen LogP contribution in [0.5, 0.6) is 0 Å². The topological polar surface area (TPSA) is 56.2 Å². The van der Waals surface area contributed by atoms with Crippen molar-refractivity contribution in [3.63, 3.8) is 0 Å². The molecule has 0 fully saturated rings. The summed E-state index contributed by atoms with van der Waals surface area (Å²) in [7, 11) is 0. The summed E-state index contributed by atoms with van der Waals surface area (Å²) in [4.78, 5) is 15.0. The van der Waals surface area contributed by atoms with E-state index in [2.05, 4.69) is 4.98 Å². The van der Waals surface area contributed by atoms with Gasteiger partial charge in [0.15, 0.2) is 5.76 Å². The van der Waals surface area contributed by atoms with Crippen molar-refractivity contribution in [2.24, 2.45) is 0 Å². The molecule has 12 heavy (non-hydrogen) atoms. The standard InChI is InChI=1S/C8H5NO3/c10-7(6-2-1-4-11-6)8-9-3-5-12-8/h1-5H.